The van der Waals surface area contributed by atoms with Crippen LogP contribution in [0.3, 0.4) is 0 Å². The Morgan fingerprint density at radius 1 is 1.13 bits per heavy atom. The topological polar surface area (TPSA) is 55.3 Å². The number of hydrogen-bond donors (Lipinski definition) is 2. The third-order valence-corrected chi connectivity index (χ3v) is 2.76. The highest BCUT2D eigenvalue weighted by atomic mass is 15.1. The van der Waals surface area contributed by atoms with Gasteiger partial charge in [0, 0.05) is 31.0 Å². The fourth-order valence-corrected chi connectivity index (χ4v) is 1.83. The van der Waals surface area contributed by atoms with Gasteiger partial charge in [0.2, 0.25) is 0 Å². The lowest BCUT2D eigenvalue weighted by atomic mass is 10.1. The first-order valence-corrected chi connectivity index (χ1v) is 5.27. The van der Waals surface area contributed by atoms with Crippen molar-refractivity contribution in [1.29, 1.82) is 0 Å². The largest absolute Gasteiger partial charge is 0.399 e. The third-order valence-electron chi connectivity index (χ3n) is 2.76. The molecule has 0 aliphatic carbocycles. The lowest BCUT2D eigenvalue weighted by Crippen LogP contribution is -2.22. The van der Waals surface area contributed by atoms with Gasteiger partial charge in [-0.1, -0.05) is 12.2 Å². The summed E-state index contributed by atoms with van der Waals surface area (Å²) < 4.78 is 0. The van der Waals surface area contributed by atoms with Crippen LogP contribution in [0.5, 0.6) is 0 Å². The van der Waals surface area contributed by atoms with Crippen LogP contribution in [0.2, 0.25) is 0 Å². The molecule has 2 rings (SSSR count). The first-order chi connectivity index (χ1) is 7.25. The number of benzene rings is 1. The second kappa shape index (κ2) is 4.36. The molecule has 0 amide bonds. The lowest BCUT2D eigenvalue weighted by molar-refractivity contribution is 0.357. The Bertz CT molecular complexity index is 363. The van der Waals surface area contributed by atoms with Crippen molar-refractivity contribution in [2.24, 2.45) is 0 Å². The third kappa shape index (κ3) is 2.50. The highest BCUT2D eigenvalue weighted by molar-refractivity contribution is 5.55. The van der Waals surface area contributed by atoms with E-state index in [4.69, 9.17) is 11.5 Å². The molecule has 3 heteroatoms. The van der Waals surface area contributed by atoms with Crippen LogP contribution in [-0.4, -0.2) is 24.5 Å². The van der Waals surface area contributed by atoms with E-state index in [0.29, 0.717) is 0 Å². The molecule has 1 aliphatic rings. The molecule has 1 aromatic carbocycles. The maximum Gasteiger partial charge on any atom is 0.0348 e. The highest BCUT2D eigenvalue weighted by Gasteiger charge is 2.07. The van der Waals surface area contributed by atoms with Crippen molar-refractivity contribution in [3.63, 3.8) is 0 Å². The van der Waals surface area contributed by atoms with Gasteiger partial charge in [-0.05, 0) is 30.2 Å². The van der Waals surface area contributed by atoms with Gasteiger partial charge in [-0.3, -0.25) is 4.90 Å². The molecule has 4 N–H and O–H groups in total. The van der Waals surface area contributed by atoms with Crippen molar-refractivity contribution in [1.82, 2.24) is 4.90 Å². The van der Waals surface area contributed by atoms with Crippen LogP contribution in [-0.2, 0) is 6.42 Å². The van der Waals surface area contributed by atoms with Crippen molar-refractivity contribution < 1.29 is 0 Å². The van der Waals surface area contributed by atoms with Gasteiger partial charge in [-0.2, -0.15) is 0 Å². The zero-order valence-corrected chi connectivity index (χ0v) is 8.82. The molecule has 0 unspecified atom stereocenters. The molecule has 15 heavy (non-hydrogen) atoms. The van der Waals surface area contributed by atoms with Gasteiger partial charge in [0.25, 0.3) is 0 Å². The number of nitrogen functional groups attached to an aromatic ring is 2. The summed E-state index contributed by atoms with van der Waals surface area (Å²) in [6.07, 6.45) is 5.37. The van der Waals surface area contributed by atoms with E-state index in [2.05, 4.69) is 17.1 Å². The van der Waals surface area contributed by atoms with Gasteiger partial charge in [0.15, 0.2) is 0 Å². The summed E-state index contributed by atoms with van der Waals surface area (Å²) in [5.41, 5.74) is 14.4. The molecule has 0 radical (unpaired) electrons. The number of nitrogens with zero attached hydrogens (tertiary/aromatic N) is 1. The normalized spacial score (nSPS) is 16.0. The van der Waals surface area contributed by atoms with Crippen molar-refractivity contribution in [3.05, 3.63) is 35.9 Å². The van der Waals surface area contributed by atoms with E-state index >= 15 is 0 Å². The second-order valence-electron chi connectivity index (χ2n) is 3.94. The van der Waals surface area contributed by atoms with E-state index in [1.807, 2.05) is 18.2 Å². The molecule has 0 spiro atoms. The summed E-state index contributed by atoms with van der Waals surface area (Å²) in [6.45, 7) is 3.16. The molecule has 0 atom stereocenters. The summed E-state index contributed by atoms with van der Waals surface area (Å²) >= 11 is 0. The molecule has 1 heterocycles. The minimum Gasteiger partial charge on any atom is -0.399 e. The van der Waals surface area contributed by atoms with Crippen molar-refractivity contribution in [3.8, 4) is 0 Å². The molecule has 0 saturated carbocycles. The number of nitrogens with two attached hydrogens (primary N) is 2. The molecule has 0 bridgehead atoms. The fourth-order valence-electron chi connectivity index (χ4n) is 1.83. The van der Waals surface area contributed by atoms with Crippen LogP contribution < -0.4 is 11.5 Å². The Balaban J connectivity index is 1.95. The molecule has 1 aromatic rings. The molecular weight excluding hydrogens is 186 g/mol. The summed E-state index contributed by atoms with van der Waals surface area (Å²) in [6, 6.07) is 5.70. The zero-order valence-electron chi connectivity index (χ0n) is 8.82. The lowest BCUT2D eigenvalue weighted by Gasteiger charge is -2.15. The van der Waals surface area contributed by atoms with E-state index in [1.165, 1.54) is 0 Å². The summed E-state index contributed by atoms with van der Waals surface area (Å²) in [5, 5.41) is 0. The van der Waals surface area contributed by atoms with Gasteiger partial charge in [-0.25, -0.2) is 0 Å². The first kappa shape index (κ1) is 10.1. The van der Waals surface area contributed by atoms with Crippen molar-refractivity contribution >= 4 is 11.4 Å². The van der Waals surface area contributed by atoms with Crippen LogP contribution >= 0.6 is 0 Å². The molecule has 80 valence electrons. The standard InChI is InChI=1S/C12H17N3/c13-11-3-4-12(14)10(9-11)5-8-15-6-1-2-7-15/h1-4,9H,5-8,13-14H2. The quantitative estimate of drug-likeness (QED) is 0.574. The van der Waals surface area contributed by atoms with Gasteiger partial charge in [0.1, 0.15) is 0 Å². The zero-order chi connectivity index (χ0) is 10.7. The fraction of sp³-hybridized carbons (Fsp3) is 0.333. The molecule has 0 saturated heterocycles. The summed E-state index contributed by atoms with van der Waals surface area (Å²) in [7, 11) is 0. The SMILES string of the molecule is Nc1ccc(N)c(CCN2CC=CC2)c1. The van der Waals surface area contributed by atoms with Gasteiger partial charge in [-0.15, -0.1) is 0 Å². The summed E-state index contributed by atoms with van der Waals surface area (Å²) in [5.74, 6) is 0. The highest BCUT2D eigenvalue weighted by Crippen LogP contribution is 2.16. The Labute approximate surface area is 90.4 Å². The van der Waals surface area contributed by atoms with Crippen molar-refractivity contribution in [2.45, 2.75) is 6.42 Å². The van der Waals surface area contributed by atoms with Crippen LogP contribution in [0, 0.1) is 0 Å². The first-order valence-electron chi connectivity index (χ1n) is 5.27. The van der Waals surface area contributed by atoms with E-state index in [1.54, 1.807) is 0 Å². The Kier molecular flexibility index (Phi) is 2.92. The molecule has 0 fully saturated rings. The van der Waals surface area contributed by atoms with Crippen LogP contribution in [0.4, 0.5) is 11.4 Å². The van der Waals surface area contributed by atoms with Crippen molar-refractivity contribution in [2.75, 3.05) is 31.1 Å². The molecule has 0 aromatic heterocycles. The Morgan fingerprint density at radius 3 is 2.60 bits per heavy atom. The van der Waals surface area contributed by atoms with E-state index in [-0.39, 0.29) is 0 Å². The van der Waals surface area contributed by atoms with Crippen LogP contribution in [0.15, 0.2) is 30.4 Å². The average Bonchev–Trinajstić information content (AvgIpc) is 2.72. The van der Waals surface area contributed by atoms with E-state index < -0.39 is 0 Å². The monoisotopic (exact) mass is 203 g/mol. The number of anilines is 2. The number of rotatable bonds is 3. The average molecular weight is 203 g/mol. The molecular formula is C12H17N3. The Morgan fingerprint density at radius 2 is 1.87 bits per heavy atom. The van der Waals surface area contributed by atoms with Gasteiger partial charge >= 0.3 is 0 Å². The predicted octanol–water partition coefficient (Wildman–Crippen LogP) is 1.27. The van der Waals surface area contributed by atoms with Crippen LogP contribution in [0.25, 0.3) is 0 Å². The van der Waals surface area contributed by atoms with Gasteiger partial charge < -0.3 is 11.5 Å². The number of hydrogen-bond acceptors (Lipinski definition) is 3. The molecule has 1 aliphatic heterocycles. The van der Waals surface area contributed by atoms with Gasteiger partial charge in [0.05, 0.1) is 0 Å². The molecule has 3 nitrogen and oxygen atoms in total. The maximum absolute atomic E-state index is 5.88. The minimum atomic E-state index is 0.791. The predicted molar refractivity (Wildman–Crippen MR) is 64.6 cm³/mol. The second-order valence-corrected chi connectivity index (χ2v) is 3.94. The summed E-state index contributed by atoms with van der Waals surface area (Å²) in [4.78, 5) is 2.38. The minimum absolute atomic E-state index is 0.791. The van der Waals surface area contributed by atoms with E-state index in [0.717, 1.165) is 43.0 Å². The van der Waals surface area contributed by atoms with Crippen LogP contribution in [0.1, 0.15) is 5.56 Å². The van der Waals surface area contributed by atoms with E-state index in [9.17, 15) is 0 Å². The Hall–Kier alpha value is -1.48. The maximum atomic E-state index is 5.88. The smallest absolute Gasteiger partial charge is 0.0348 e.